The van der Waals surface area contributed by atoms with Gasteiger partial charge in [0.15, 0.2) is 22.9 Å². The molecule has 0 aliphatic rings. The van der Waals surface area contributed by atoms with Crippen LogP contribution in [-0.2, 0) is 11.0 Å². The molecule has 2 N–H and O–H groups in total. The first-order valence-corrected chi connectivity index (χ1v) is 11.4. The van der Waals surface area contributed by atoms with Crippen LogP contribution in [0.5, 0.6) is 5.75 Å². The van der Waals surface area contributed by atoms with Gasteiger partial charge in [-0.1, -0.05) is 53.2 Å². The predicted octanol–water partition coefficient (Wildman–Crippen LogP) is 5.71. The maximum absolute atomic E-state index is 14.0. The molecule has 3 aromatic carbocycles. The third-order valence-electron chi connectivity index (χ3n) is 5.64. The van der Waals surface area contributed by atoms with Gasteiger partial charge < -0.3 is 15.3 Å². The average Bonchev–Trinajstić information content (AvgIpc) is 3.34. The van der Waals surface area contributed by atoms with Gasteiger partial charge in [-0.15, -0.1) is 0 Å². The zero-order valence-electron chi connectivity index (χ0n) is 19.5. The van der Waals surface area contributed by atoms with Gasteiger partial charge in [0.25, 0.3) is 0 Å². The summed E-state index contributed by atoms with van der Waals surface area (Å²) in [6.45, 7) is 0. The normalized spacial score (nSPS) is 12.2. The summed E-state index contributed by atoms with van der Waals surface area (Å²) in [4.78, 5) is 21.8. The molecule has 38 heavy (non-hydrogen) atoms. The Balaban J connectivity index is 1.51. The Bertz CT molecular complexity index is 1730. The first-order valence-electron chi connectivity index (χ1n) is 11.0. The summed E-state index contributed by atoms with van der Waals surface area (Å²) in [6, 6.07) is 19.2. The van der Waals surface area contributed by atoms with Crippen LogP contribution >= 0.6 is 11.6 Å². The Hall–Kier alpha value is -4.64. The first-order chi connectivity index (χ1) is 18.1. The molecule has 0 aliphatic carbocycles. The highest BCUT2D eigenvalue weighted by molar-refractivity contribution is 6.31. The Labute approximate surface area is 218 Å². The van der Waals surface area contributed by atoms with Crippen LogP contribution in [0.15, 0.2) is 78.0 Å². The number of amidine groups is 1. The van der Waals surface area contributed by atoms with Crippen molar-refractivity contribution in [1.82, 2.24) is 14.6 Å². The Kier molecular flexibility index (Phi) is 6.37. The molecule has 0 spiro atoms. The third-order valence-corrected chi connectivity index (χ3v) is 5.87. The van der Waals surface area contributed by atoms with E-state index in [1.165, 1.54) is 13.2 Å². The second kappa shape index (κ2) is 9.67. The lowest BCUT2D eigenvalue weighted by atomic mass is 10.0. The van der Waals surface area contributed by atoms with Gasteiger partial charge in [-0.2, -0.15) is 18.3 Å². The summed E-state index contributed by atoms with van der Waals surface area (Å²) in [5.74, 6) is -1.06. The SMILES string of the molecule is COc1ccc(Cl)cc1/C(N)=N/OC(=O)c1cc2nc(-c3ccc4ccccc4c3)cc(C(F)(F)F)n2n1. The van der Waals surface area contributed by atoms with Crippen LogP contribution < -0.4 is 10.5 Å². The number of nitrogens with two attached hydrogens (primary N) is 1. The van der Waals surface area contributed by atoms with Crippen molar-refractivity contribution >= 4 is 39.8 Å². The number of benzene rings is 3. The molecule has 0 fully saturated rings. The van der Waals surface area contributed by atoms with E-state index in [2.05, 4.69) is 15.2 Å². The van der Waals surface area contributed by atoms with Crippen molar-refractivity contribution in [3.8, 4) is 17.0 Å². The van der Waals surface area contributed by atoms with Crippen molar-refractivity contribution in [3.05, 3.63) is 94.8 Å². The number of nitrogens with zero attached hydrogens (tertiary/aromatic N) is 4. The molecule has 5 rings (SSSR count). The number of aromatic nitrogens is 3. The first kappa shape index (κ1) is 25.0. The smallest absolute Gasteiger partial charge is 0.433 e. The highest BCUT2D eigenvalue weighted by Gasteiger charge is 2.36. The number of hydrogen-bond acceptors (Lipinski definition) is 6. The zero-order valence-corrected chi connectivity index (χ0v) is 20.3. The molecule has 0 bridgehead atoms. The minimum atomic E-state index is -4.79. The molecule has 0 saturated heterocycles. The number of oxime groups is 1. The van der Waals surface area contributed by atoms with Crippen LogP contribution in [0.3, 0.4) is 0 Å². The van der Waals surface area contributed by atoms with Gasteiger partial charge in [-0.05, 0) is 41.1 Å². The second-order valence-electron chi connectivity index (χ2n) is 8.09. The standard InChI is InChI=1S/C26H17ClF3N5O3/c1-37-21-9-8-17(27)11-18(21)24(31)34-38-25(36)20-13-23-32-19(12-22(26(28,29)30)35(23)33-20)16-7-6-14-4-2-3-5-15(14)10-16/h2-13H,1H3,(H2,31,34). The van der Waals surface area contributed by atoms with E-state index in [1.54, 1.807) is 30.3 Å². The lowest BCUT2D eigenvalue weighted by Gasteiger charge is -2.11. The fourth-order valence-corrected chi connectivity index (χ4v) is 4.01. The molecule has 0 atom stereocenters. The zero-order chi connectivity index (χ0) is 27.0. The van der Waals surface area contributed by atoms with Crippen LogP contribution in [-0.4, -0.2) is 33.5 Å². The Morgan fingerprint density at radius 1 is 1.03 bits per heavy atom. The number of ether oxygens (including phenoxy) is 1. The second-order valence-corrected chi connectivity index (χ2v) is 8.52. The lowest BCUT2D eigenvalue weighted by Crippen LogP contribution is -2.17. The van der Waals surface area contributed by atoms with Gasteiger partial charge >= 0.3 is 12.1 Å². The fraction of sp³-hybridized carbons (Fsp3) is 0.0769. The Morgan fingerprint density at radius 2 is 1.79 bits per heavy atom. The van der Waals surface area contributed by atoms with Gasteiger partial charge in [0.05, 0.1) is 18.4 Å². The summed E-state index contributed by atoms with van der Waals surface area (Å²) in [5.41, 5.74) is 4.91. The van der Waals surface area contributed by atoms with Crippen LogP contribution in [0, 0.1) is 0 Å². The van der Waals surface area contributed by atoms with Gasteiger partial charge in [0.1, 0.15) is 5.75 Å². The summed E-state index contributed by atoms with van der Waals surface area (Å²) < 4.78 is 47.6. The van der Waals surface area contributed by atoms with E-state index in [-0.39, 0.29) is 22.7 Å². The van der Waals surface area contributed by atoms with E-state index in [0.717, 1.165) is 22.9 Å². The molecule has 8 nitrogen and oxygen atoms in total. The fourth-order valence-electron chi connectivity index (χ4n) is 3.84. The maximum Gasteiger partial charge on any atom is 0.433 e. The number of carbonyl (C=O) groups excluding carboxylic acids is 1. The molecule has 2 aromatic heterocycles. The van der Waals surface area contributed by atoms with Crippen molar-refractivity contribution in [3.63, 3.8) is 0 Å². The number of alkyl halides is 3. The number of methoxy groups -OCH3 is 1. The van der Waals surface area contributed by atoms with Crippen molar-refractivity contribution in [2.45, 2.75) is 6.18 Å². The summed E-state index contributed by atoms with van der Waals surface area (Å²) in [7, 11) is 1.40. The Morgan fingerprint density at radius 3 is 2.53 bits per heavy atom. The van der Waals surface area contributed by atoms with Crippen molar-refractivity contribution in [2.75, 3.05) is 7.11 Å². The van der Waals surface area contributed by atoms with E-state index >= 15 is 0 Å². The highest BCUT2D eigenvalue weighted by Crippen LogP contribution is 2.33. The van der Waals surface area contributed by atoms with E-state index in [1.807, 2.05) is 24.3 Å². The van der Waals surface area contributed by atoms with Crippen LogP contribution in [0.1, 0.15) is 21.7 Å². The number of carbonyl (C=O) groups is 1. The number of hydrogen-bond donors (Lipinski definition) is 1. The largest absolute Gasteiger partial charge is 0.496 e. The van der Waals surface area contributed by atoms with E-state index in [4.69, 9.17) is 26.9 Å². The number of rotatable bonds is 5. The molecule has 0 amide bonds. The molecule has 12 heteroatoms. The quantitative estimate of drug-likeness (QED) is 0.133. The van der Waals surface area contributed by atoms with Gasteiger partial charge in [-0.3, -0.25) is 0 Å². The van der Waals surface area contributed by atoms with Gasteiger partial charge in [0, 0.05) is 16.7 Å². The molecule has 0 radical (unpaired) electrons. The molecule has 2 heterocycles. The summed E-state index contributed by atoms with van der Waals surface area (Å²) >= 11 is 5.97. The summed E-state index contributed by atoms with van der Waals surface area (Å²) in [5, 5.41) is 9.43. The lowest BCUT2D eigenvalue weighted by molar-refractivity contribution is -0.142. The average molecular weight is 540 g/mol. The van der Waals surface area contributed by atoms with Gasteiger partial charge in [-0.25, -0.2) is 14.3 Å². The minimum absolute atomic E-state index is 0.0608. The van der Waals surface area contributed by atoms with E-state index in [9.17, 15) is 18.0 Å². The van der Waals surface area contributed by atoms with E-state index < -0.39 is 23.5 Å². The van der Waals surface area contributed by atoms with Crippen molar-refractivity contribution < 1.29 is 27.5 Å². The molecular formula is C26H17ClF3N5O3. The minimum Gasteiger partial charge on any atom is -0.496 e. The molecule has 192 valence electrons. The van der Waals surface area contributed by atoms with Gasteiger partial charge in [0.2, 0.25) is 0 Å². The maximum atomic E-state index is 14.0. The molecule has 0 saturated carbocycles. The summed E-state index contributed by atoms with van der Waals surface area (Å²) in [6.07, 6.45) is -4.79. The van der Waals surface area contributed by atoms with Crippen molar-refractivity contribution in [2.24, 2.45) is 10.9 Å². The highest BCUT2D eigenvalue weighted by atomic mass is 35.5. The van der Waals surface area contributed by atoms with Crippen molar-refractivity contribution in [1.29, 1.82) is 0 Å². The van der Waals surface area contributed by atoms with Crippen LogP contribution in [0.2, 0.25) is 5.02 Å². The molecule has 0 unspecified atom stereocenters. The van der Waals surface area contributed by atoms with Crippen LogP contribution in [0.25, 0.3) is 27.7 Å². The third kappa shape index (κ3) is 4.83. The van der Waals surface area contributed by atoms with Crippen LogP contribution in [0.4, 0.5) is 13.2 Å². The number of halogens is 4. The molecular weight excluding hydrogens is 523 g/mol. The molecule has 0 aliphatic heterocycles. The monoisotopic (exact) mass is 539 g/mol. The predicted molar refractivity (Wildman–Crippen MR) is 135 cm³/mol. The topological polar surface area (TPSA) is 104 Å². The molecule has 5 aromatic rings. The number of fused-ring (bicyclic) bond motifs is 2. The van der Waals surface area contributed by atoms with E-state index in [0.29, 0.717) is 20.9 Å².